The van der Waals surface area contributed by atoms with Crippen molar-refractivity contribution in [2.24, 2.45) is 0 Å². The molecule has 0 amide bonds. The van der Waals surface area contributed by atoms with Gasteiger partial charge in [-0.05, 0) is 29.3 Å². The molecule has 0 spiro atoms. The van der Waals surface area contributed by atoms with Gasteiger partial charge in [0.05, 0.1) is 0 Å². The Morgan fingerprint density at radius 2 is 1.75 bits per heavy atom. The minimum Gasteiger partial charge on any atom is -0.366 e. The van der Waals surface area contributed by atoms with Gasteiger partial charge >= 0.3 is 0 Å². The summed E-state index contributed by atoms with van der Waals surface area (Å²) in [5.74, 6) is 0.607. The summed E-state index contributed by atoms with van der Waals surface area (Å²) in [6.45, 7) is 9.70. The van der Waals surface area contributed by atoms with E-state index in [9.17, 15) is 0 Å². The molecular weight excluding hydrogens is 266 g/mol. The maximum atomic E-state index is 5.28. The molecule has 1 fully saturated rings. The van der Waals surface area contributed by atoms with E-state index in [4.69, 9.17) is 12.2 Å². The first-order valence-corrected chi connectivity index (χ1v) is 7.79. The Morgan fingerprint density at radius 3 is 2.25 bits per heavy atom. The van der Waals surface area contributed by atoms with E-state index in [2.05, 4.69) is 53.2 Å². The topological polar surface area (TPSA) is 18.5 Å². The molecule has 110 valence electrons. The Bertz CT molecular complexity index is 434. The highest BCUT2D eigenvalue weighted by atomic mass is 32.1. The molecule has 2 rings (SSSR count). The van der Waals surface area contributed by atoms with Gasteiger partial charge in [0.15, 0.2) is 5.11 Å². The van der Waals surface area contributed by atoms with Gasteiger partial charge in [0, 0.05) is 39.8 Å². The fourth-order valence-corrected chi connectivity index (χ4v) is 2.72. The minimum absolute atomic E-state index is 0.607. The molecule has 0 atom stereocenters. The van der Waals surface area contributed by atoms with Crippen LogP contribution in [0.5, 0.6) is 0 Å². The molecule has 0 aliphatic carbocycles. The largest absolute Gasteiger partial charge is 0.366 e. The van der Waals surface area contributed by atoms with Gasteiger partial charge in [-0.3, -0.25) is 4.90 Å². The van der Waals surface area contributed by atoms with Crippen LogP contribution in [0, 0.1) is 0 Å². The zero-order chi connectivity index (χ0) is 14.5. The molecule has 0 aromatic heterocycles. The van der Waals surface area contributed by atoms with Crippen molar-refractivity contribution in [1.29, 1.82) is 0 Å². The van der Waals surface area contributed by atoms with Crippen molar-refractivity contribution in [3.63, 3.8) is 0 Å². The summed E-state index contributed by atoms with van der Waals surface area (Å²) < 4.78 is 0. The van der Waals surface area contributed by atoms with Crippen LogP contribution in [0.15, 0.2) is 24.3 Å². The Labute approximate surface area is 128 Å². The Kier molecular flexibility index (Phi) is 5.38. The van der Waals surface area contributed by atoms with Crippen LogP contribution >= 0.6 is 12.2 Å². The number of benzene rings is 1. The van der Waals surface area contributed by atoms with Crippen molar-refractivity contribution in [3.8, 4) is 0 Å². The predicted octanol–water partition coefficient (Wildman–Crippen LogP) is 2.43. The SMILES string of the molecule is CNC(=S)N1CCN(Cc2ccc(C(C)C)cc2)CC1. The fraction of sp³-hybridized carbons (Fsp3) is 0.562. The maximum Gasteiger partial charge on any atom is 0.168 e. The van der Waals surface area contributed by atoms with Crippen molar-refractivity contribution in [1.82, 2.24) is 15.1 Å². The van der Waals surface area contributed by atoms with E-state index in [1.807, 2.05) is 7.05 Å². The third-order valence-electron chi connectivity index (χ3n) is 3.93. The first-order valence-electron chi connectivity index (χ1n) is 7.38. The molecule has 1 aliphatic rings. The number of hydrogen-bond acceptors (Lipinski definition) is 2. The second kappa shape index (κ2) is 7.04. The lowest BCUT2D eigenvalue weighted by Crippen LogP contribution is -2.50. The summed E-state index contributed by atoms with van der Waals surface area (Å²) in [7, 11) is 1.89. The van der Waals surface area contributed by atoms with Crippen molar-refractivity contribution >= 4 is 17.3 Å². The van der Waals surface area contributed by atoms with Crippen LogP contribution in [0.1, 0.15) is 30.9 Å². The lowest BCUT2D eigenvalue weighted by Gasteiger charge is -2.35. The van der Waals surface area contributed by atoms with Crippen molar-refractivity contribution < 1.29 is 0 Å². The van der Waals surface area contributed by atoms with E-state index in [0.717, 1.165) is 37.8 Å². The number of piperazine rings is 1. The summed E-state index contributed by atoms with van der Waals surface area (Å²) in [6, 6.07) is 9.04. The maximum absolute atomic E-state index is 5.28. The third-order valence-corrected chi connectivity index (χ3v) is 4.39. The van der Waals surface area contributed by atoms with Gasteiger partial charge in [-0.25, -0.2) is 0 Å². The molecule has 1 aromatic carbocycles. The van der Waals surface area contributed by atoms with Gasteiger partial charge in [0.2, 0.25) is 0 Å². The quantitative estimate of drug-likeness (QED) is 0.862. The average Bonchev–Trinajstić information content (AvgIpc) is 2.48. The molecule has 1 saturated heterocycles. The van der Waals surface area contributed by atoms with Crippen LogP contribution in [-0.4, -0.2) is 48.1 Å². The van der Waals surface area contributed by atoms with E-state index in [-0.39, 0.29) is 0 Å². The predicted molar refractivity (Wildman–Crippen MR) is 89.0 cm³/mol. The molecule has 4 heteroatoms. The van der Waals surface area contributed by atoms with Gasteiger partial charge in [-0.15, -0.1) is 0 Å². The van der Waals surface area contributed by atoms with Crippen molar-refractivity contribution in [2.45, 2.75) is 26.3 Å². The zero-order valence-corrected chi connectivity index (χ0v) is 13.5. The van der Waals surface area contributed by atoms with E-state index >= 15 is 0 Å². The molecule has 1 heterocycles. The van der Waals surface area contributed by atoms with Crippen LogP contribution in [0.4, 0.5) is 0 Å². The van der Waals surface area contributed by atoms with Gasteiger partial charge < -0.3 is 10.2 Å². The van der Waals surface area contributed by atoms with Crippen LogP contribution < -0.4 is 5.32 Å². The molecule has 1 aromatic rings. The smallest absolute Gasteiger partial charge is 0.168 e. The van der Waals surface area contributed by atoms with Crippen molar-refractivity contribution in [3.05, 3.63) is 35.4 Å². The van der Waals surface area contributed by atoms with Gasteiger partial charge in [-0.2, -0.15) is 0 Å². The normalized spacial score (nSPS) is 16.5. The zero-order valence-electron chi connectivity index (χ0n) is 12.7. The first kappa shape index (κ1) is 15.3. The molecule has 1 aliphatic heterocycles. The summed E-state index contributed by atoms with van der Waals surface area (Å²) in [4.78, 5) is 4.74. The monoisotopic (exact) mass is 291 g/mol. The van der Waals surface area contributed by atoms with Gasteiger partial charge in [-0.1, -0.05) is 38.1 Å². The Morgan fingerprint density at radius 1 is 1.15 bits per heavy atom. The lowest BCUT2D eigenvalue weighted by molar-refractivity contribution is 0.175. The van der Waals surface area contributed by atoms with E-state index < -0.39 is 0 Å². The van der Waals surface area contributed by atoms with Gasteiger partial charge in [0.1, 0.15) is 0 Å². The second-order valence-corrected chi connectivity index (χ2v) is 6.10. The molecule has 3 nitrogen and oxygen atoms in total. The average molecular weight is 291 g/mol. The van der Waals surface area contributed by atoms with E-state index in [0.29, 0.717) is 5.92 Å². The van der Waals surface area contributed by atoms with Crippen LogP contribution in [0.25, 0.3) is 0 Å². The van der Waals surface area contributed by atoms with E-state index in [1.165, 1.54) is 11.1 Å². The molecule has 0 unspecified atom stereocenters. The number of nitrogens with zero attached hydrogens (tertiary/aromatic N) is 2. The summed E-state index contributed by atoms with van der Waals surface area (Å²) in [5.41, 5.74) is 2.82. The minimum atomic E-state index is 0.607. The first-order chi connectivity index (χ1) is 9.60. The standard InChI is InChI=1S/C16H25N3S/c1-13(2)15-6-4-14(5-7-15)12-18-8-10-19(11-9-18)16(20)17-3/h4-7,13H,8-12H2,1-3H3,(H,17,20). The number of nitrogens with one attached hydrogen (secondary N) is 1. The molecule has 0 radical (unpaired) electrons. The molecular formula is C16H25N3S. The van der Waals surface area contributed by atoms with Crippen LogP contribution in [0.3, 0.4) is 0 Å². The summed E-state index contributed by atoms with van der Waals surface area (Å²) >= 11 is 5.28. The van der Waals surface area contributed by atoms with Gasteiger partial charge in [0.25, 0.3) is 0 Å². The third kappa shape index (κ3) is 3.93. The highest BCUT2D eigenvalue weighted by Gasteiger charge is 2.18. The highest BCUT2D eigenvalue weighted by Crippen LogP contribution is 2.16. The summed E-state index contributed by atoms with van der Waals surface area (Å²) in [5, 5.41) is 3.92. The number of thiocarbonyl (C=S) groups is 1. The second-order valence-electron chi connectivity index (χ2n) is 5.71. The number of rotatable bonds is 3. The molecule has 20 heavy (non-hydrogen) atoms. The lowest BCUT2D eigenvalue weighted by atomic mass is 10.0. The van der Waals surface area contributed by atoms with Crippen LogP contribution in [-0.2, 0) is 6.54 Å². The fourth-order valence-electron chi connectivity index (χ4n) is 2.53. The Balaban J connectivity index is 1.84. The van der Waals surface area contributed by atoms with Crippen LogP contribution in [0.2, 0.25) is 0 Å². The molecule has 0 bridgehead atoms. The van der Waals surface area contributed by atoms with Crippen molar-refractivity contribution in [2.75, 3.05) is 33.2 Å². The van der Waals surface area contributed by atoms with E-state index in [1.54, 1.807) is 0 Å². The number of hydrogen-bond donors (Lipinski definition) is 1. The molecule has 0 saturated carbocycles. The highest BCUT2D eigenvalue weighted by molar-refractivity contribution is 7.80. The Hall–Kier alpha value is -1.13. The molecule has 1 N–H and O–H groups in total. The summed E-state index contributed by atoms with van der Waals surface area (Å²) in [6.07, 6.45) is 0.